The van der Waals surface area contributed by atoms with Crippen molar-refractivity contribution in [1.29, 1.82) is 0 Å². The number of Topliss-reactive ketones (excluding diaryl/α,β-unsaturated/α-hetero) is 1. The van der Waals surface area contributed by atoms with Crippen molar-refractivity contribution in [3.63, 3.8) is 0 Å². The first-order valence-corrected chi connectivity index (χ1v) is 6.14. The van der Waals surface area contributed by atoms with E-state index in [1.165, 1.54) is 6.92 Å². The van der Waals surface area contributed by atoms with Gasteiger partial charge in [-0.15, -0.1) is 6.58 Å². The fourth-order valence-corrected chi connectivity index (χ4v) is 1.63. The Balaban J connectivity index is 2.71. The van der Waals surface area contributed by atoms with Gasteiger partial charge < -0.3 is 10.1 Å². The third kappa shape index (κ3) is 4.33. The molecule has 0 aliphatic carbocycles. The molecule has 1 N–H and O–H groups in total. The summed E-state index contributed by atoms with van der Waals surface area (Å²) < 4.78 is 6.13. The van der Waals surface area contributed by atoms with Crippen LogP contribution in [0.1, 0.15) is 17.3 Å². The van der Waals surface area contributed by atoms with Crippen LogP contribution in [0.25, 0.3) is 0 Å². The number of hydrogen-bond donors (Lipinski definition) is 1. The maximum Gasteiger partial charge on any atom is 0.258 e. The molecule has 1 amide bonds. The molecule has 0 saturated heterocycles. The first-order valence-electron chi connectivity index (χ1n) is 5.35. The number of carbonyl (C=O) groups excluding carboxylic acids is 2. The van der Waals surface area contributed by atoms with Crippen molar-refractivity contribution < 1.29 is 14.3 Å². The van der Waals surface area contributed by atoms with Crippen LogP contribution in [0, 0.1) is 0 Å². The van der Waals surface area contributed by atoms with Crippen molar-refractivity contribution in [2.45, 2.75) is 6.92 Å². The Bertz CT molecular complexity index is 471. The highest BCUT2D eigenvalue weighted by Crippen LogP contribution is 2.24. The van der Waals surface area contributed by atoms with E-state index in [0.29, 0.717) is 17.9 Å². The molecule has 0 saturated carbocycles. The molecule has 0 unspecified atom stereocenters. The lowest BCUT2D eigenvalue weighted by atomic mass is 10.1. The van der Waals surface area contributed by atoms with Crippen LogP contribution in [0.5, 0.6) is 5.75 Å². The summed E-state index contributed by atoms with van der Waals surface area (Å²) in [6.45, 7) is 5.20. The zero-order valence-electron chi connectivity index (χ0n) is 10.0. The van der Waals surface area contributed by atoms with E-state index in [9.17, 15) is 9.59 Å². The Labute approximate surface area is 114 Å². The Morgan fingerprint density at radius 1 is 1.50 bits per heavy atom. The number of benzene rings is 1. The van der Waals surface area contributed by atoms with E-state index in [0.717, 1.165) is 4.47 Å². The number of nitrogens with one attached hydrogen (secondary N) is 1. The summed E-state index contributed by atoms with van der Waals surface area (Å²) in [7, 11) is 0. The highest BCUT2D eigenvalue weighted by Gasteiger charge is 2.10. The van der Waals surface area contributed by atoms with Gasteiger partial charge in [0.05, 0.1) is 5.56 Å². The fourth-order valence-electron chi connectivity index (χ4n) is 1.29. The summed E-state index contributed by atoms with van der Waals surface area (Å²) in [5.74, 6) is 0.0269. The normalized spacial score (nSPS) is 9.67. The van der Waals surface area contributed by atoms with Crippen LogP contribution in [0.15, 0.2) is 35.3 Å². The van der Waals surface area contributed by atoms with Crippen LogP contribution in [-0.4, -0.2) is 24.8 Å². The summed E-state index contributed by atoms with van der Waals surface area (Å²) in [6.07, 6.45) is 1.58. The molecular weight excluding hydrogens is 298 g/mol. The van der Waals surface area contributed by atoms with Gasteiger partial charge in [-0.25, -0.2) is 0 Å². The molecular formula is C13H14BrNO3. The molecule has 0 aliphatic heterocycles. The first kappa shape index (κ1) is 14.4. The zero-order valence-corrected chi connectivity index (χ0v) is 11.6. The summed E-state index contributed by atoms with van der Waals surface area (Å²) in [6, 6.07) is 5.07. The van der Waals surface area contributed by atoms with Gasteiger partial charge in [-0.05, 0) is 25.1 Å². The average Bonchev–Trinajstić information content (AvgIpc) is 2.33. The molecule has 0 fully saturated rings. The lowest BCUT2D eigenvalue weighted by Gasteiger charge is -2.10. The van der Waals surface area contributed by atoms with Crippen molar-refractivity contribution in [3.05, 3.63) is 40.9 Å². The number of carbonyl (C=O) groups is 2. The maximum atomic E-state index is 11.4. The first-order chi connectivity index (χ1) is 8.54. The van der Waals surface area contributed by atoms with E-state index >= 15 is 0 Å². The van der Waals surface area contributed by atoms with Gasteiger partial charge in [-0.2, -0.15) is 0 Å². The molecule has 0 heterocycles. The summed E-state index contributed by atoms with van der Waals surface area (Å²) >= 11 is 3.29. The Kier molecular flexibility index (Phi) is 5.58. The minimum atomic E-state index is -0.260. The molecule has 4 nitrogen and oxygen atoms in total. The molecule has 1 aromatic rings. The molecule has 96 valence electrons. The Morgan fingerprint density at radius 3 is 2.83 bits per heavy atom. The second kappa shape index (κ2) is 6.96. The minimum absolute atomic E-state index is 0.107. The molecule has 0 aliphatic rings. The van der Waals surface area contributed by atoms with Crippen LogP contribution in [-0.2, 0) is 4.79 Å². The van der Waals surface area contributed by atoms with Crippen molar-refractivity contribution >= 4 is 27.6 Å². The van der Waals surface area contributed by atoms with Gasteiger partial charge in [0.25, 0.3) is 5.91 Å². The lowest BCUT2D eigenvalue weighted by molar-refractivity contribution is -0.122. The highest BCUT2D eigenvalue weighted by atomic mass is 79.9. The smallest absolute Gasteiger partial charge is 0.258 e. The van der Waals surface area contributed by atoms with Crippen molar-refractivity contribution in [3.8, 4) is 5.75 Å². The van der Waals surface area contributed by atoms with E-state index in [2.05, 4.69) is 27.8 Å². The van der Waals surface area contributed by atoms with Gasteiger partial charge in [0.2, 0.25) is 0 Å². The molecule has 1 rings (SSSR count). The van der Waals surface area contributed by atoms with Crippen LogP contribution in [0.2, 0.25) is 0 Å². The van der Waals surface area contributed by atoms with Crippen LogP contribution >= 0.6 is 15.9 Å². The summed E-state index contributed by atoms with van der Waals surface area (Å²) in [5.41, 5.74) is 0.453. The topological polar surface area (TPSA) is 55.4 Å². The fraction of sp³-hybridized carbons (Fsp3) is 0.231. The molecule has 0 atom stereocenters. The Hall–Kier alpha value is -1.62. The summed E-state index contributed by atoms with van der Waals surface area (Å²) in [5, 5.41) is 2.59. The third-order valence-electron chi connectivity index (χ3n) is 2.13. The predicted molar refractivity (Wildman–Crippen MR) is 72.8 cm³/mol. The van der Waals surface area contributed by atoms with Gasteiger partial charge in [0.1, 0.15) is 5.75 Å². The van der Waals surface area contributed by atoms with E-state index in [-0.39, 0.29) is 18.3 Å². The second-order valence-corrected chi connectivity index (χ2v) is 4.49. The van der Waals surface area contributed by atoms with Crippen LogP contribution in [0.4, 0.5) is 0 Å². The lowest BCUT2D eigenvalue weighted by Crippen LogP contribution is -2.29. The van der Waals surface area contributed by atoms with Gasteiger partial charge in [0, 0.05) is 11.0 Å². The molecule has 0 aromatic heterocycles. The number of ether oxygens (including phenoxy) is 1. The number of rotatable bonds is 6. The number of hydrogen-bond acceptors (Lipinski definition) is 3. The maximum absolute atomic E-state index is 11.4. The number of amides is 1. The number of ketones is 1. The second-order valence-electron chi connectivity index (χ2n) is 3.58. The van der Waals surface area contributed by atoms with Crippen LogP contribution < -0.4 is 10.1 Å². The van der Waals surface area contributed by atoms with Crippen molar-refractivity contribution in [2.24, 2.45) is 0 Å². The molecule has 1 aromatic carbocycles. The summed E-state index contributed by atoms with van der Waals surface area (Å²) in [4.78, 5) is 22.7. The largest absolute Gasteiger partial charge is 0.483 e. The average molecular weight is 312 g/mol. The third-order valence-corrected chi connectivity index (χ3v) is 2.62. The standard InChI is InChI=1S/C13H14BrNO3/c1-3-6-15-13(17)8-18-12-7-10(14)4-5-11(12)9(2)16/h3-5,7H,1,6,8H2,2H3,(H,15,17). The Morgan fingerprint density at radius 2 is 2.22 bits per heavy atom. The predicted octanol–water partition coefficient (Wildman–Crippen LogP) is 2.33. The van der Waals surface area contributed by atoms with Crippen molar-refractivity contribution in [2.75, 3.05) is 13.2 Å². The van der Waals surface area contributed by atoms with E-state index in [1.54, 1.807) is 24.3 Å². The SMILES string of the molecule is C=CCNC(=O)COc1cc(Br)ccc1C(C)=O. The van der Waals surface area contributed by atoms with Gasteiger partial charge in [-0.1, -0.05) is 22.0 Å². The number of halogens is 1. The van der Waals surface area contributed by atoms with Gasteiger partial charge >= 0.3 is 0 Å². The van der Waals surface area contributed by atoms with Gasteiger partial charge in [0.15, 0.2) is 12.4 Å². The quantitative estimate of drug-likeness (QED) is 0.648. The molecule has 0 spiro atoms. The monoisotopic (exact) mass is 311 g/mol. The minimum Gasteiger partial charge on any atom is -0.483 e. The van der Waals surface area contributed by atoms with E-state index in [4.69, 9.17) is 4.74 Å². The molecule has 5 heteroatoms. The van der Waals surface area contributed by atoms with E-state index in [1.807, 2.05) is 0 Å². The molecule has 18 heavy (non-hydrogen) atoms. The van der Waals surface area contributed by atoms with Crippen molar-refractivity contribution in [1.82, 2.24) is 5.32 Å². The highest BCUT2D eigenvalue weighted by molar-refractivity contribution is 9.10. The molecule has 0 radical (unpaired) electrons. The van der Waals surface area contributed by atoms with E-state index < -0.39 is 0 Å². The zero-order chi connectivity index (χ0) is 13.5. The molecule has 0 bridgehead atoms. The van der Waals surface area contributed by atoms with Gasteiger partial charge in [-0.3, -0.25) is 9.59 Å². The van der Waals surface area contributed by atoms with Crippen LogP contribution in [0.3, 0.4) is 0 Å².